The molecule has 0 saturated heterocycles. The molecule has 0 fully saturated rings. The molecular weight excluding hydrogens is 554 g/mol. The number of nitrogens with zero attached hydrogens (tertiary/aromatic N) is 3. The van der Waals surface area contributed by atoms with Gasteiger partial charge in [0.25, 0.3) is 0 Å². The normalized spacial score (nSPS) is 10.9. The number of amides is 1. The van der Waals surface area contributed by atoms with Crippen LogP contribution < -0.4 is 9.47 Å². The minimum Gasteiger partial charge on any atom is -0.493 e. The lowest BCUT2D eigenvalue weighted by atomic mass is 10.0. The molecule has 0 aliphatic heterocycles. The van der Waals surface area contributed by atoms with E-state index in [1.54, 1.807) is 26.0 Å². The number of carbonyl (C=O) groups excluding carboxylic acids is 1. The smallest absolute Gasteiger partial charge is 0.222 e. The number of hydrogen-bond acceptors (Lipinski definition) is 5. The summed E-state index contributed by atoms with van der Waals surface area (Å²) < 4.78 is 13.0. The average molecular weight is 592 g/mol. The molecule has 1 aromatic heterocycles. The lowest BCUT2D eigenvalue weighted by Gasteiger charge is -2.18. The SMILES string of the molecule is COc1ccc(CCN(C)C(=O)CCCSc2nc(-c3ccccc3)c(-c3ccccc3)n2-c2ccccc2)cc1OC. The highest BCUT2D eigenvalue weighted by Gasteiger charge is 2.21. The molecule has 5 aromatic rings. The maximum atomic E-state index is 13.0. The number of aromatic nitrogens is 2. The molecule has 4 aromatic carbocycles. The van der Waals surface area contributed by atoms with Gasteiger partial charge >= 0.3 is 0 Å². The van der Waals surface area contributed by atoms with Crippen molar-refractivity contribution in [2.24, 2.45) is 0 Å². The highest BCUT2D eigenvalue weighted by atomic mass is 32.2. The van der Waals surface area contributed by atoms with E-state index >= 15 is 0 Å². The first kappa shape index (κ1) is 30.0. The number of rotatable bonds is 13. The summed E-state index contributed by atoms with van der Waals surface area (Å²) in [6.07, 6.45) is 1.99. The summed E-state index contributed by atoms with van der Waals surface area (Å²) in [4.78, 5) is 20.0. The minimum atomic E-state index is 0.141. The van der Waals surface area contributed by atoms with Crippen LogP contribution in [0.5, 0.6) is 11.5 Å². The van der Waals surface area contributed by atoms with E-state index in [0.29, 0.717) is 24.5 Å². The Labute approximate surface area is 258 Å². The fourth-order valence-corrected chi connectivity index (χ4v) is 5.96. The van der Waals surface area contributed by atoms with Gasteiger partial charge in [-0.3, -0.25) is 9.36 Å². The van der Waals surface area contributed by atoms with E-state index in [1.807, 2.05) is 60.5 Å². The average Bonchev–Trinajstić information content (AvgIpc) is 3.46. The molecule has 0 unspecified atom stereocenters. The van der Waals surface area contributed by atoms with E-state index in [0.717, 1.165) is 57.5 Å². The summed E-state index contributed by atoms with van der Waals surface area (Å²) in [7, 11) is 5.13. The van der Waals surface area contributed by atoms with Crippen LogP contribution in [0.2, 0.25) is 0 Å². The molecule has 0 spiro atoms. The molecule has 0 aliphatic rings. The van der Waals surface area contributed by atoms with Crippen molar-refractivity contribution in [1.29, 1.82) is 0 Å². The maximum absolute atomic E-state index is 13.0. The Balaban J connectivity index is 1.29. The van der Waals surface area contributed by atoms with Crippen molar-refractivity contribution in [2.45, 2.75) is 24.4 Å². The van der Waals surface area contributed by atoms with Gasteiger partial charge in [-0.25, -0.2) is 4.98 Å². The largest absolute Gasteiger partial charge is 0.493 e. The Morgan fingerprint density at radius 3 is 2.09 bits per heavy atom. The molecular formula is C36H37N3O3S. The third kappa shape index (κ3) is 7.30. The number of methoxy groups -OCH3 is 2. The Hall–Kier alpha value is -4.49. The second-order valence-electron chi connectivity index (χ2n) is 10.2. The van der Waals surface area contributed by atoms with Crippen LogP contribution in [0.3, 0.4) is 0 Å². The fraction of sp³-hybridized carbons (Fsp3) is 0.222. The van der Waals surface area contributed by atoms with Crippen LogP contribution in [-0.2, 0) is 11.2 Å². The van der Waals surface area contributed by atoms with Crippen molar-refractivity contribution in [1.82, 2.24) is 14.5 Å². The van der Waals surface area contributed by atoms with Crippen molar-refractivity contribution in [2.75, 3.05) is 33.6 Å². The number of imidazole rings is 1. The molecule has 6 nitrogen and oxygen atoms in total. The van der Waals surface area contributed by atoms with E-state index in [2.05, 4.69) is 65.2 Å². The number of likely N-dealkylation sites (N-methyl/N-ethyl adjacent to an activating group) is 1. The molecule has 0 atom stereocenters. The van der Waals surface area contributed by atoms with Crippen molar-refractivity contribution in [3.63, 3.8) is 0 Å². The Morgan fingerprint density at radius 2 is 1.44 bits per heavy atom. The summed E-state index contributed by atoms with van der Waals surface area (Å²) in [6, 6.07) is 37.0. The monoisotopic (exact) mass is 591 g/mol. The Bertz CT molecular complexity index is 1620. The van der Waals surface area contributed by atoms with Gasteiger partial charge < -0.3 is 14.4 Å². The molecule has 0 saturated carbocycles. The van der Waals surface area contributed by atoms with Crippen LogP contribution in [0, 0.1) is 0 Å². The number of thioether (sulfide) groups is 1. The summed E-state index contributed by atoms with van der Waals surface area (Å²) in [5.74, 6) is 2.32. The Morgan fingerprint density at radius 1 is 0.814 bits per heavy atom. The topological polar surface area (TPSA) is 56.6 Å². The van der Waals surface area contributed by atoms with Gasteiger partial charge in [0.05, 0.1) is 25.6 Å². The predicted molar refractivity (Wildman–Crippen MR) is 175 cm³/mol. The van der Waals surface area contributed by atoms with Crippen molar-refractivity contribution in [3.8, 4) is 39.7 Å². The third-order valence-corrected chi connectivity index (χ3v) is 8.36. The zero-order chi connectivity index (χ0) is 30.0. The summed E-state index contributed by atoms with van der Waals surface area (Å²) in [5.41, 5.74) is 6.35. The maximum Gasteiger partial charge on any atom is 0.222 e. The van der Waals surface area contributed by atoms with Crippen LogP contribution >= 0.6 is 11.8 Å². The predicted octanol–water partition coefficient (Wildman–Crippen LogP) is 7.80. The van der Waals surface area contributed by atoms with E-state index in [4.69, 9.17) is 14.5 Å². The van der Waals surface area contributed by atoms with Gasteiger partial charge in [-0.2, -0.15) is 0 Å². The second-order valence-corrected chi connectivity index (χ2v) is 11.3. The zero-order valence-corrected chi connectivity index (χ0v) is 25.7. The lowest BCUT2D eigenvalue weighted by molar-refractivity contribution is -0.129. The molecule has 1 heterocycles. The molecule has 0 aliphatic carbocycles. The van der Waals surface area contributed by atoms with E-state index in [9.17, 15) is 4.79 Å². The van der Waals surface area contributed by atoms with Gasteiger partial charge in [0.15, 0.2) is 16.7 Å². The first-order chi connectivity index (χ1) is 21.1. The van der Waals surface area contributed by atoms with Gasteiger partial charge in [0.1, 0.15) is 0 Å². The van der Waals surface area contributed by atoms with E-state index < -0.39 is 0 Å². The van der Waals surface area contributed by atoms with Crippen molar-refractivity contribution < 1.29 is 14.3 Å². The van der Waals surface area contributed by atoms with E-state index in [-0.39, 0.29) is 5.91 Å². The first-order valence-electron chi connectivity index (χ1n) is 14.5. The second kappa shape index (κ2) is 14.6. The molecule has 1 amide bonds. The van der Waals surface area contributed by atoms with Crippen LogP contribution in [-0.4, -0.2) is 53.9 Å². The number of hydrogen-bond donors (Lipinski definition) is 0. The summed E-state index contributed by atoms with van der Waals surface area (Å²) >= 11 is 1.69. The zero-order valence-electron chi connectivity index (χ0n) is 24.9. The van der Waals surface area contributed by atoms with Crippen LogP contribution in [0.15, 0.2) is 114 Å². The van der Waals surface area contributed by atoms with Crippen molar-refractivity contribution >= 4 is 17.7 Å². The van der Waals surface area contributed by atoms with Crippen LogP contribution in [0.25, 0.3) is 28.2 Å². The molecule has 43 heavy (non-hydrogen) atoms. The molecule has 5 rings (SSSR count). The quantitative estimate of drug-likeness (QED) is 0.103. The highest BCUT2D eigenvalue weighted by molar-refractivity contribution is 7.99. The number of para-hydroxylation sites is 1. The Kier molecular flexibility index (Phi) is 10.2. The molecule has 0 radical (unpaired) electrons. The summed E-state index contributed by atoms with van der Waals surface area (Å²) in [5, 5.41) is 0.915. The fourth-order valence-electron chi connectivity index (χ4n) is 5.01. The van der Waals surface area contributed by atoms with E-state index in [1.165, 1.54) is 0 Å². The number of carbonyl (C=O) groups is 1. The molecule has 220 valence electrons. The summed E-state index contributed by atoms with van der Waals surface area (Å²) in [6.45, 7) is 0.640. The number of ether oxygens (including phenoxy) is 2. The van der Waals surface area contributed by atoms with Gasteiger partial charge in [-0.05, 0) is 42.7 Å². The van der Waals surface area contributed by atoms with Gasteiger partial charge in [-0.15, -0.1) is 0 Å². The van der Waals surface area contributed by atoms with Crippen LogP contribution in [0.1, 0.15) is 18.4 Å². The molecule has 0 bridgehead atoms. The van der Waals surface area contributed by atoms with Crippen molar-refractivity contribution in [3.05, 3.63) is 115 Å². The highest BCUT2D eigenvalue weighted by Crippen LogP contribution is 2.38. The van der Waals surface area contributed by atoms with Gasteiger partial charge in [0.2, 0.25) is 5.91 Å². The lowest BCUT2D eigenvalue weighted by Crippen LogP contribution is -2.28. The van der Waals surface area contributed by atoms with Gasteiger partial charge in [0, 0.05) is 42.6 Å². The standard InChI is InChI=1S/C36H37N3O3S/c1-38(24-23-27-21-22-31(41-2)32(26-27)42-3)33(40)20-13-25-43-36-37-34(28-14-7-4-8-15-28)35(29-16-9-5-10-17-29)39(36)30-18-11-6-12-19-30/h4-12,14-19,21-22,26H,13,20,23-25H2,1-3H3. The molecule has 0 N–H and O–H groups in total. The third-order valence-electron chi connectivity index (χ3n) is 7.33. The van der Waals surface area contributed by atoms with Gasteiger partial charge in [-0.1, -0.05) is 96.7 Å². The van der Waals surface area contributed by atoms with Crippen LogP contribution in [0.4, 0.5) is 0 Å². The number of benzene rings is 4. The minimum absolute atomic E-state index is 0.141. The molecule has 7 heteroatoms. The first-order valence-corrected chi connectivity index (χ1v) is 15.4.